The van der Waals surface area contributed by atoms with Gasteiger partial charge in [-0.15, -0.1) is 0 Å². The topological polar surface area (TPSA) is 27.7 Å². The van der Waals surface area contributed by atoms with Crippen molar-refractivity contribution < 1.29 is 14.2 Å². The average molecular weight is 357 g/mol. The molecule has 2 fully saturated rings. The van der Waals surface area contributed by atoms with Crippen molar-refractivity contribution in [2.24, 2.45) is 17.8 Å². The molecule has 2 rings (SSSR count). The molecule has 0 radical (unpaired) electrons. The van der Waals surface area contributed by atoms with Crippen LogP contribution < -0.4 is 0 Å². The molecular weight excluding hydrogens is 316 g/mol. The van der Waals surface area contributed by atoms with Gasteiger partial charge in [-0.3, -0.25) is 0 Å². The summed E-state index contributed by atoms with van der Waals surface area (Å²) >= 11 is 0. The van der Waals surface area contributed by atoms with Crippen LogP contribution in [0.4, 0.5) is 0 Å². The van der Waals surface area contributed by atoms with Crippen LogP contribution in [-0.4, -0.2) is 36.4 Å². The fourth-order valence-corrected chi connectivity index (χ4v) is 7.25. The Morgan fingerprint density at radius 2 is 1.29 bits per heavy atom. The fourth-order valence-electron chi connectivity index (χ4n) is 5.16. The first-order chi connectivity index (χ1) is 11.7. The summed E-state index contributed by atoms with van der Waals surface area (Å²) in [6, 6.07) is 0. The molecule has 3 nitrogen and oxygen atoms in total. The van der Waals surface area contributed by atoms with Crippen molar-refractivity contribution in [2.75, 3.05) is 21.3 Å². The summed E-state index contributed by atoms with van der Waals surface area (Å²) in [5.41, 5.74) is 0.108. The molecule has 0 saturated heterocycles. The minimum absolute atomic E-state index is 0.563. The smallest absolute Gasteiger partial charge is 0.248 e. The van der Waals surface area contributed by atoms with Crippen LogP contribution >= 0.6 is 0 Å². The average Bonchev–Trinajstić information content (AvgIpc) is 2.65. The summed E-state index contributed by atoms with van der Waals surface area (Å²) in [6.07, 6.45) is 15.9. The third kappa shape index (κ3) is 5.55. The molecule has 2 aliphatic rings. The maximum atomic E-state index is 5.54. The summed E-state index contributed by atoms with van der Waals surface area (Å²) in [6.45, 7) is 2.32. The third-order valence-electron chi connectivity index (χ3n) is 6.89. The molecule has 142 valence electrons. The van der Waals surface area contributed by atoms with Crippen molar-refractivity contribution in [1.29, 1.82) is 0 Å². The van der Waals surface area contributed by atoms with Crippen molar-refractivity contribution in [1.82, 2.24) is 0 Å². The lowest BCUT2D eigenvalue weighted by Gasteiger charge is -2.39. The zero-order chi connectivity index (χ0) is 17.4. The lowest BCUT2D eigenvalue weighted by Crippen LogP contribution is -2.45. The molecule has 0 aromatic carbocycles. The van der Waals surface area contributed by atoms with E-state index in [9.17, 15) is 0 Å². The van der Waals surface area contributed by atoms with Gasteiger partial charge in [0.25, 0.3) is 0 Å². The molecule has 2 aliphatic carbocycles. The second-order valence-electron chi connectivity index (χ2n) is 8.20. The molecule has 0 spiro atoms. The highest BCUT2D eigenvalue weighted by Gasteiger charge is 2.37. The molecule has 0 N–H and O–H groups in total. The van der Waals surface area contributed by atoms with E-state index in [1.54, 1.807) is 21.3 Å². The first-order valence-electron chi connectivity index (χ1n) is 10.3. The Bertz CT molecular complexity index is 322. The van der Waals surface area contributed by atoms with Crippen molar-refractivity contribution in [3.63, 3.8) is 0 Å². The molecule has 0 bridgehead atoms. The molecule has 0 aromatic rings. The van der Waals surface area contributed by atoms with Gasteiger partial charge in [0.1, 0.15) is 9.52 Å². The van der Waals surface area contributed by atoms with E-state index in [0.717, 1.165) is 23.3 Å². The van der Waals surface area contributed by atoms with E-state index in [2.05, 4.69) is 6.92 Å². The number of methoxy groups -OCH3 is 3. The predicted octanol–water partition coefficient (Wildman–Crippen LogP) is 4.68. The van der Waals surface area contributed by atoms with E-state index in [-0.39, 0.29) is 0 Å². The van der Waals surface area contributed by atoms with Crippen LogP contribution in [0.25, 0.3) is 0 Å². The highest BCUT2D eigenvalue weighted by molar-refractivity contribution is 6.40. The van der Waals surface area contributed by atoms with Gasteiger partial charge >= 0.3 is 0 Å². The van der Waals surface area contributed by atoms with E-state index in [0.29, 0.717) is 0 Å². The highest BCUT2D eigenvalue weighted by atomic mass is 28.2. The van der Waals surface area contributed by atoms with Crippen LogP contribution in [0.5, 0.6) is 0 Å². The molecule has 0 aliphatic heterocycles. The quantitative estimate of drug-likeness (QED) is 0.443. The van der Waals surface area contributed by atoms with Crippen LogP contribution in [0.1, 0.15) is 77.6 Å². The first-order valence-corrected chi connectivity index (χ1v) is 11.8. The zero-order valence-electron chi connectivity index (χ0n) is 16.5. The molecule has 0 amide bonds. The lowest BCUT2D eigenvalue weighted by molar-refractivity contribution is -0.295. The van der Waals surface area contributed by atoms with Gasteiger partial charge < -0.3 is 14.2 Å². The van der Waals surface area contributed by atoms with Crippen molar-refractivity contribution in [3.05, 3.63) is 0 Å². The van der Waals surface area contributed by atoms with Gasteiger partial charge in [0.15, 0.2) is 0 Å². The Kier molecular flexibility index (Phi) is 8.76. The Morgan fingerprint density at radius 1 is 0.792 bits per heavy atom. The predicted molar refractivity (Wildman–Crippen MR) is 103 cm³/mol. The maximum absolute atomic E-state index is 5.54. The maximum Gasteiger partial charge on any atom is 0.248 e. The fraction of sp³-hybridized carbons (Fsp3) is 1.00. The molecule has 0 heterocycles. The highest BCUT2D eigenvalue weighted by Crippen LogP contribution is 2.44. The van der Waals surface area contributed by atoms with Crippen LogP contribution in [-0.2, 0) is 14.2 Å². The van der Waals surface area contributed by atoms with E-state index in [1.165, 1.54) is 70.6 Å². The molecule has 0 aromatic heterocycles. The van der Waals surface area contributed by atoms with Gasteiger partial charge in [-0.2, -0.15) is 0 Å². The standard InChI is InChI=1S/C20H40O3Si/c1-5-6-7-16-8-10-17(11-9-16)18-12-14-19(15-13-18)24-20(21-2,22-3)23-4/h16-19H,5-15,24H2,1-4H3/t16-,17-,18-,19-. The second-order valence-corrected chi connectivity index (χ2v) is 10.6. The van der Waals surface area contributed by atoms with E-state index >= 15 is 0 Å². The largest absolute Gasteiger partial charge is 0.335 e. The number of hydrogen-bond donors (Lipinski definition) is 0. The minimum atomic E-state index is -0.700. The SMILES string of the molecule is CCCC[C@H]1CC[C@H]([C@H]2CC[C@H]([SiH2]C(OC)(OC)OC)CC2)CC1. The summed E-state index contributed by atoms with van der Waals surface area (Å²) in [5.74, 6) is 3.04. The lowest BCUT2D eigenvalue weighted by atomic mass is 9.70. The molecular formula is C20H40O3Si. The van der Waals surface area contributed by atoms with Gasteiger partial charge in [-0.25, -0.2) is 0 Å². The third-order valence-corrected chi connectivity index (χ3v) is 9.65. The van der Waals surface area contributed by atoms with Crippen LogP contribution in [0.3, 0.4) is 0 Å². The Labute approximate surface area is 152 Å². The van der Waals surface area contributed by atoms with Gasteiger partial charge in [0, 0.05) is 21.3 Å². The summed E-state index contributed by atoms with van der Waals surface area (Å²) < 4.78 is 16.6. The Hall–Kier alpha value is 0.0969. The molecule has 0 atom stereocenters. The number of rotatable bonds is 9. The summed E-state index contributed by atoms with van der Waals surface area (Å²) in [7, 11) is 4.57. The summed E-state index contributed by atoms with van der Waals surface area (Å²) in [5, 5.41) is 0. The van der Waals surface area contributed by atoms with Gasteiger partial charge in [-0.1, -0.05) is 64.7 Å². The molecule has 2 saturated carbocycles. The van der Waals surface area contributed by atoms with Crippen molar-refractivity contribution in [3.8, 4) is 0 Å². The molecule has 0 unspecified atom stereocenters. The monoisotopic (exact) mass is 356 g/mol. The van der Waals surface area contributed by atoms with Crippen molar-refractivity contribution >= 4 is 9.52 Å². The van der Waals surface area contributed by atoms with Crippen LogP contribution in [0, 0.1) is 17.8 Å². The zero-order valence-corrected chi connectivity index (χ0v) is 17.9. The summed E-state index contributed by atoms with van der Waals surface area (Å²) in [4.78, 5) is 0. The number of unbranched alkanes of at least 4 members (excludes halogenated alkanes) is 1. The number of ether oxygens (including phenoxy) is 3. The Morgan fingerprint density at radius 3 is 1.75 bits per heavy atom. The Balaban J connectivity index is 1.71. The molecule has 24 heavy (non-hydrogen) atoms. The minimum Gasteiger partial charge on any atom is -0.335 e. The van der Waals surface area contributed by atoms with E-state index in [1.807, 2.05) is 0 Å². The number of hydrogen-bond acceptors (Lipinski definition) is 3. The van der Waals surface area contributed by atoms with Crippen LogP contribution in [0.2, 0.25) is 5.54 Å². The first kappa shape index (κ1) is 20.4. The van der Waals surface area contributed by atoms with Crippen molar-refractivity contribution in [2.45, 2.75) is 88.7 Å². The van der Waals surface area contributed by atoms with Gasteiger partial charge in [0.05, 0.1) is 0 Å². The molecule has 4 heteroatoms. The van der Waals surface area contributed by atoms with E-state index < -0.39 is 15.1 Å². The van der Waals surface area contributed by atoms with Gasteiger partial charge in [0.2, 0.25) is 5.60 Å². The van der Waals surface area contributed by atoms with Crippen LogP contribution in [0.15, 0.2) is 0 Å². The van der Waals surface area contributed by atoms with E-state index in [4.69, 9.17) is 14.2 Å². The van der Waals surface area contributed by atoms with Gasteiger partial charge in [-0.05, 0) is 36.1 Å². The second kappa shape index (κ2) is 10.3. The normalized spacial score (nSPS) is 32.5.